The van der Waals surface area contributed by atoms with E-state index in [-0.39, 0.29) is 12.1 Å². The third kappa shape index (κ3) is 3.32. The Morgan fingerprint density at radius 2 is 2.28 bits per heavy atom. The zero-order valence-electron chi connectivity index (χ0n) is 11.3. The molecule has 5 nitrogen and oxygen atoms in total. The summed E-state index contributed by atoms with van der Waals surface area (Å²) in [4.78, 5) is 16.1. The number of imidazole rings is 1. The lowest BCUT2D eigenvalue weighted by molar-refractivity contribution is 0.0536. The van der Waals surface area contributed by atoms with E-state index in [0.717, 1.165) is 18.7 Å². The van der Waals surface area contributed by atoms with Crippen molar-refractivity contribution in [3.05, 3.63) is 18.2 Å². The lowest BCUT2D eigenvalue weighted by Crippen LogP contribution is -2.27. The Morgan fingerprint density at radius 3 is 2.89 bits per heavy atom. The van der Waals surface area contributed by atoms with Crippen LogP contribution in [-0.4, -0.2) is 27.8 Å². The molecule has 0 amide bonds. The van der Waals surface area contributed by atoms with Crippen molar-refractivity contribution >= 4 is 6.09 Å². The van der Waals surface area contributed by atoms with Crippen LogP contribution in [0.2, 0.25) is 0 Å². The lowest BCUT2D eigenvalue weighted by atomic mass is 10.0. The second kappa shape index (κ2) is 5.10. The van der Waals surface area contributed by atoms with E-state index in [1.54, 1.807) is 6.20 Å². The third-order valence-electron chi connectivity index (χ3n) is 2.87. The molecular formula is C13H21N3O2. The summed E-state index contributed by atoms with van der Waals surface area (Å²) < 4.78 is 6.70. The van der Waals surface area contributed by atoms with E-state index in [1.807, 2.05) is 20.8 Å². The second-order valence-corrected chi connectivity index (χ2v) is 5.69. The number of hydrogen-bond donors (Lipinski definition) is 1. The number of rotatable bonds is 1. The molecule has 1 fully saturated rings. The molecule has 0 spiro atoms. The van der Waals surface area contributed by atoms with Gasteiger partial charge in [0.2, 0.25) is 0 Å². The van der Waals surface area contributed by atoms with E-state index in [9.17, 15) is 4.79 Å². The number of ether oxygens (including phenoxy) is 1. The zero-order valence-corrected chi connectivity index (χ0v) is 11.3. The van der Waals surface area contributed by atoms with Gasteiger partial charge in [0.15, 0.2) is 0 Å². The topological polar surface area (TPSA) is 56.2 Å². The minimum atomic E-state index is -0.482. The van der Waals surface area contributed by atoms with Crippen molar-refractivity contribution in [3.63, 3.8) is 0 Å². The minimum Gasteiger partial charge on any atom is -0.443 e. The van der Waals surface area contributed by atoms with E-state index in [4.69, 9.17) is 4.74 Å². The number of aromatic nitrogens is 2. The fourth-order valence-corrected chi connectivity index (χ4v) is 2.04. The van der Waals surface area contributed by atoms with E-state index in [0.29, 0.717) is 0 Å². The maximum absolute atomic E-state index is 11.8. The van der Waals surface area contributed by atoms with Crippen LogP contribution < -0.4 is 5.32 Å². The van der Waals surface area contributed by atoms with Gasteiger partial charge >= 0.3 is 6.09 Å². The molecule has 0 aliphatic carbocycles. The predicted molar refractivity (Wildman–Crippen MR) is 68.5 cm³/mol. The Balaban J connectivity index is 2.03. The van der Waals surface area contributed by atoms with Gasteiger partial charge in [-0.1, -0.05) is 6.42 Å². The third-order valence-corrected chi connectivity index (χ3v) is 2.87. The van der Waals surface area contributed by atoms with Gasteiger partial charge in [-0.2, -0.15) is 0 Å². The standard InChI is InChI=1S/C13H21N3O2/c1-13(2,3)18-12(17)16-8-11(15-9-16)10-6-4-5-7-14-10/h8-10,14H,4-7H2,1-3H3. The molecule has 1 atom stereocenters. The molecule has 1 saturated heterocycles. The Kier molecular flexibility index (Phi) is 3.71. The first-order valence-electron chi connectivity index (χ1n) is 6.46. The molecule has 1 aliphatic heterocycles. The molecular weight excluding hydrogens is 230 g/mol. The van der Waals surface area contributed by atoms with Crippen LogP contribution >= 0.6 is 0 Å². The number of hydrogen-bond acceptors (Lipinski definition) is 4. The van der Waals surface area contributed by atoms with Gasteiger partial charge in [0, 0.05) is 6.20 Å². The number of carbonyl (C=O) groups is 1. The Bertz CT molecular complexity index is 414. The molecule has 1 N–H and O–H groups in total. The molecule has 1 aromatic heterocycles. The highest BCUT2D eigenvalue weighted by molar-refractivity contribution is 5.70. The summed E-state index contributed by atoms with van der Waals surface area (Å²) in [6.45, 7) is 6.58. The minimum absolute atomic E-state index is 0.266. The van der Waals surface area contributed by atoms with Gasteiger partial charge in [0.1, 0.15) is 11.9 Å². The van der Waals surface area contributed by atoms with Crippen molar-refractivity contribution in [2.45, 2.75) is 51.7 Å². The van der Waals surface area contributed by atoms with Crippen LogP contribution in [0.15, 0.2) is 12.5 Å². The van der Waals surface area contributed by atoms with E-state index in [2.05, 4.69) is 10.3 Å². The fourth-order valence-electron chi connectivity index (χ4n) is 2.04. The van der Waals surface area contributed by atoms with Gasteiger partial charge in [0.25, 0.3) is 0 Å². The molecule has 1 aliphatic rings. The van der Waals surface area contributed by atoms with Crippen LogP contribution in [0.3, 0.4) is 0 Å². The van der Waals surface area contributed by atoms with E-state index >= 15 is 0 Å². The van der Waals surface area contributed by atoms with Gasteiger partial charge in [-0.15, -0.1) is 0 Å². The molecule has 5 heteroatoms. The first-order chi connectivity index (χ1) is 8.46. The predicted octanol–water partition coefficient (Wildman–Crippen LogP) is 2.48. The summed E-state index contributed by atoms with van der Waals surface area (Å²) >= 11 is 0. The average Bonchev–Trinajstić information content (AvgIpc) is 2.77. The number of nitrogens with zero attached hydrogens (tertiary/aromatic N) is 2. The average molecular weight is 251 g/mol. The number of carbonyl (C=O) groups excluding carboxylic acids is 1. The largest absolute Gasteiger partial charge is 0.443 e. The SMILES string of the molecule is CC(C)(C)OC(=O)n1cnc(C2CCCCN2)c1. The molecule has 0 bridgehead atoms. The summed E-state index contributed by atoms with van der Waals surface area (Å²) in [5.41, 5.74) is 0.436. The smallest absolute Gasteiger partial charge is 0.419 e. The molecule has 0 aromatic carbocycles. The maximum atomic E-state index is 11.8. The fraction of sp³-hybridized carbons (Fsp3) is 0.692. The summed E-state index contributed by atoms with van der Waals surface area (Å²) in [7, 11) is 0. The van der Waals surface area contributed by atoms with Crippen molar-refractivity contribution in [3.8, 4) is 0 Å². The summed E-state index contributed by atoms with van der Waals surface area (Å²) in [5.74, 6) is 0. The van der Waals surface area contributed by atoms with Gasteiger partial charge in [-0.25, -0.2) is 14.3 Å². The Morgan fingerprint density at radius 1 is 1.50 bits per heavy atom. The summed E-state index contributed by atoms with van der Waals surface area (Å²) in [6, 6.07) is 0.266. The van der Waals surface area contributed by atoms with Gasteiger partial charge < -0.3 is 10.1 Å². The van der Waals surface area contributed by atoms with Crippen LogP contribution in [-0.2, 0) is 4.74 Å². The van der Waals surface area contributed by atoms with Crippen LogP contribution in [0.4, 0.5) is 4.79 Å². The van der Waals surface area contributed by atoms with Gasteiger partial charge in [-0.05, 0) is 40.2 Å². The van der Waals surface area contributed by atoms with Crippen molar-refractivity contribution < 1.29 is 9.53 Å². The van der Waals surface area contributed by atoms with E-state index in [1.165, 1.54) is 23.7 Å². The first kappa shape index (κ1) is 13.1. The first-order valence-corrected chi connectivity index (χ1v) is 6.46. The van der Waals surface area contributed by atoms with Crippen molar-refractivity contribution in [1.29, 1.82) is 0 Å². The monoisotopic (exact) mass is 251 g/mol. The van der Waals surface area contributed by atoms with Gasteiger partial charge in [0.05, 0.1) is 11.7 Å². The van der Waals surface area contributed by atoms with Crippen molar-refractivity contribution in [2.75, 3.05) is 6.54 Å². The highest BCUT2D eigenvalue weighted by atomic mass is 16.6. The van der Waals surface area contributed by atoms with Crippen LogP contribution in [0.1, 0.15) is 51.8 Å². The Hall–Kier alpha value is -1.36. The quantitative estimate of drug-likeness (QED) is 0.833. The molecule has 0 saturated carbocycles. The van der Waals surface area contributed by atoms with E-state index < -0.39 is 5.60 Å². The Labute approximate surface area is 108 Å². The molecule has 18 heavy (non-hydrogen) atoms. The molecule has 0 radical (unpaired) electrons. The van der Waals surface area contributed by atoms with Crippen LogP contribution in [0, 0.1) is 0 Å². The zero-order chi connectivity index (χ0) is 13.2. The molecule has 2 heterocycles. The maximum Gasteiger partial charge on any atom is 0.419 e. The highest BCUT2D eigenvalue weighted by Gasteiger charge is 2.21. The molecule has 2 rings (SSSR count). The van der Waals surface area contributed by atoms with Gasteiger partial charge in [-0.3, -0.25) is 0 Å². The summed E-state index contributed by atoms with van der Waals surface area (Å²) in [5, 5.41) is 3.41. The lowest BCUT2D eigenvalue weighted by Gasteiger charge is -2.21. The van der Waals surface area contributed by atoms with Crippen molar-refractivity contribution in [2.24, 2.45) is 0 Å². The summed E-state index contributed by atoms with van der Waals surface area (Å²) in [6.07, 6.45) is 6.40. The number of piperidine rings is 1. The number of nitrogens with one attached hydrogen (secondary N) is 1. The highest BCUT2D eigenvalue weighted by Crippen LogP contribution is 2.21. The molecule has 1 aromatic rings. The normalized spacial score (nSPS) is 20.7. The van der Waals surface area contributed by atoms with Crippen LogP contribution in [0.5, 0.6) is 0 Å². The second-order valence-electron chi connectivity index (χ2n) is 5.69. The molecule has 100 valence electrons. The van der Waals surface area contributed by atoms with Crippen LogP contribution in [0.25, 0.3) is 0 Å². The molecule has 1 unspecified atom stereocenters. The van der Waals surface area contributed by atoms with Crippen molar-refractivity contribution in [1.82, 2.24) is 14.9 Å².